The fourth-order valence-corrected chi connectivity index (χ4v) is 2.13. The number of carbonyl (C=O) groups excluding carboxylic acids is 1. The Hall–Kier alpha value is -1.09. The highest BCUT2D eigenvalue weighted by molar-refractivity contribution is 5.63. The zero-order chi connectivity index (χ0) is 15.8. The van der Waals surface area contributed by atoms with E-state index in [0.717, 1.165) is 51.4 Å². The molecule has 0 aliphatic rings. The molecule has 21 heavy (non-hydrogen) atoms. The van der Waals surface area contributed by atoms with E-state index in [-0.39, 0.29) is 12.5 Å². The molecule has 0 radical (unpaired) electrons. The first-order valence-electron chi connectivity index (χ1n) is 8.38. The number of hydrogen-bond acceptors (Lipinski definition) is 3. The molecule has 3 heteroatoms. The van der Waals surface area contributed by atoms with Crippen LogP contribution in [0, 0.1) is 0 Å². The Morgan fingerprint density at radius 2 is 1.76 bits per heavy atom. The van der Waals surface area contributed by atoms with Crippen molar-refractivity contribution in [3.63, 3.8) is 0 Å². The number of aliphatic hydroxyl groups is 1. The van der Waals surface area contributed by atoms with Crippen LogP contribution in [0.2, 0.25) is 0 Å². The fourth-order valence-electron chi connectivity index (χ4n) is 2.13. The highest BCUT2D eigenvalue weighted by Crippen LogP contribution is 2.07. The van der Waals surface area contributed by atoms with Gasteiger partial charge in [-0.3, -0.25) is 0 Å². The first kappa shape index (κ1) is 19.9. The molecule has 0 rings (SSSR count). The number of unbranched alkanes of at least 4 members (excludes halogenated alkanes) is 7. The quantitative estimate of drug-likeness (QED) is 0.394. The van der Waals surface area contributed by atoms with Crippen molar-refractivity contribution >= 4 is 5.97 Å². The summed E-state index contributed by atoms with van der Waals surface area (Å²) in [6.45, 7) is 2.16. The van der Waals surface area contributed by atoms with Crippen LogP contribution in [0.25, 0.3) is 0 Å². The Bertz CT molecular complexity index is 295. The molecule has 1 N–H and O–H groups in total. The van der Waals surface area contributed by atoms with Gasteiger partial charge in [-0.05, 0) is 32.1 Å². The third kappa shape index (κ3) is 16.9. The summed E-state index contributed by atoms with van der Waals surface area (Å²) in [6, 6.07) is 0. The van der Waals surface area contributed by atoms with Gasteiger partial charge >= 0.3 is 0 Å². The van der Waals surface area contributed by atoms with Gasteiger partial charge in [-0.15, -0.1) is 0 Å². The molecule has 122 valence electrons. The average molecular weight is 295 g/mol. The predicted molar refractivity (Wildman–Crippen MR) is 85.8 cm³/mol. The number of aliphatic carboxylic acids is 1. The molecule has 0 amide bonds. The zero-order valence-corrected chi connectivity index (χ0v) is 13.4. The molecule has 0 aromatic heterocycles. The summed E-state index contributed by atoms with van der Waals surface area (Å²) in [5.74, 6) is -0.943. The van der Waals surface area contributed by atoms with Crippen molar-refractivity contribution in [1.82, 2.24) is 0 Å². The molecule has 0 saturated heterocycles. The van der Waals surface area contributed by atoms with Crippen LogP contribution in [0.5, 0.6) is 0 Å². The summed E-state index contributed by atoms with van der Waals surface area (Å²) in [5.41, 5.74) is 0. The molecule has 0 heterocycles. The largest absolute Gasteiger partial charge is 0.550 e. The van der Waals surface area contributed by atoms with E-state index in [9.17, 15) is 15.0 Å². The van der Waals surface area contributed by atoms with Gasteiger partial charge in [0, 0.05) is 5.97 Å². The van der Waals surface area contributed by atoms with Gasteiger partial charge in [0.2, 0.25) is 0 Å². The molecule has 0 bridgehead atoms. The topological polar surface area (TPSA) is 60.4 Å². The van der Waals surface area contributed by atoms with Crippen LogP contribution >= 0.6 is 0 Å². The van der Waals surface area contributed by atoms with E-state index in [1.54, 1.807) is 0 Å². The van der Waals surface area contributed by atoms with E-state index < -0.39 is 5.97 Å². The molecule has 0 unspecified atom stereocenters. The van der Waals surface area contributed by atoms with Gasteiger partial charge in [-0.2, -0.15) is 0 Å². The van der Waals surface area contributed by atoms with Gasteiger partial charge in [-0.1, -0.05) is 69.8 Å². The molecule has 0 aromatic rings. The van der Waals surface area contributed by atoms with Gasteiger partial charge < -0.3 is 15.0 Å². The molecule has 0 saturated carbocycles. The second kappa shape index (κ2) is 15.3. The first-order valence-corrected chi connectivity index (χ1v) is 8.38. The van der Waals surface area contributed by atoms with Crippen molar-refractivity contribution in [1.29, 1.82) is 0 Å². The number of rotatable bonds is 14. The summed E-state index contributed by atoms with van der Waals surface area (Å²) in [7, 11) is 0. The second-order valence-electron chi connectivity index (χ2n) is 5.55. The van der Waals surface area contributed by atoms with E-state index in [2.05, 4.69) is 13.0 Å². The molecule has 0 aliphatic heterocycles. The summed E-state index contributed by atoms with van der Waals surface area (Å²) < 4.78 is 0. The number of hydrogen-bond donors (Lipinski definition) is 1. The SMILES string of the molecule is CCCCC[C@@H](O)/C=C/C=C\CCCCCCCC(=O)[O-]. The summed E-state index contributed by atoms with van der Waals surface area (Å²) in [6.07, 6.45) is 18.2. The van der Waals surface area contributed by atoms with Crippen LogP contribution in [0.1, 0.15) is 77.6 Å². The molecule has 0 fully saturated rings. The van der Waals surface area contributed by atoms with Crippen LogP contribution in [0.15, 0.2) is 24.3 Å². The van der Waals surface area contributed by atoms with E-state index in [1.165, 1.54) is 12.8 Å². The molecule has 3 nitrogen and oxygen atoms in total. The van der Waals surface area contributed by atoms with Crippen LogP contribution in [0.4, 0.5) is 0 Å². The number of carboxylic acids is 1. The number of carbonyl (C=O) groups is 1. The van der Waals surface area contributed by atoms with Crippen LogP contribution in [-0.4, -0.2) is 17.2 Å². The van der Waals surface area contributed by atoms with Crippen molar-refractivity contribution in [2.75, 3.05) is 0 Å². The van der Waals surface area contributed by atoms with Gasteiger partial charge in [0.25, 0.3) is 0 Å². The summed E-state index contributed by atoms with van der Waals surface area (Å²) in [4.78, 5) is 10.2. The maximum Gasteiger partial charge on any atom is 0.0723 e. The molecule has 1 atom stereocenters. The van der Waals surface area contributed by atoms with Crippen molar-refractivity contribution in [3.8, 4) is 0 Å². The highest BCUT2D eigenvalue weighted by atomic mass is 16.4. The van der Waals surface area contributed by atoms with Gasteiger partial charge in [-0.25, -0.2) is 0 Å². The highest BCUT2D eigenvalue weighted by Gasteiger charge is 1.96. The lowest BCUT2D eigenvalue weighted by Gasteiger charge is -2.03. The van der Waals surface area contributed by atoms with E-state index in [1.807, 2.05) is 18.2 Å². The minimum Gasteiger partial charge on any atom is -0.550 e. The molecule has 0 aromatic carbocycles. The van der Waals surface area contributed by atoms with Crippen molar-refractivity contribution in [2.24, 2.45) is 0 Å². The Labute approximate surface area is 129 Å². The lowest BCUT2D eigenvalue weighted by atomic mass is 10.1. The Kier molecular flexibility index (Phi) is 14.5. The van der Waals surface area contributed by atoms with Gasteiger partial charge in [0.05, 0.1) is 6.10 Å². The molecule has 0 spiro atoms. The fraction of sp³-hybridized carbons (Fsp3) is 0.722. The minimum atomic E-state index is -0.943. The lowest BCUT2D eigenvalue weighted by molar-refractivity contribution is -0.305. The van der Waals surface area contributed by atoms with Crippen LogP contribution in [-0.2, 0) is 4.79 Å². The standard InChI is InChI=1S/C18H32O3/c1-2-3-11-14-17(19)15-12-9-7-5-4-6-8-10-13-16-18(20)21/h7,9,12,15,17,19H,2-6,8,10-11,13-14,16H2,1H3,(H,20,21)/p-1/b9-7-,15-12+/t17-/m1/s1. The first-order chi connectivity index (χ1) is 10.2. The van der Waals surface area contributed by atoms with Crippen LogP contribution in [0.3, 0.4) is 0 Å². The average Bonchev–Trinajstić information content (AvgIpc) is 2.44. The van der Waals surface area contributed by atoms with E-state index >= 15 is 0 Å². The summed E-state index contributed by atoms with van der Waals surface area (Å²) in [5, 5.41) is 19.9. The summed E-state index contributed by atoms with van der Waals surface area (Å²) >= 11 is 0. The molecular formula is C18H31O3-. The van der Waals surface area contributed by atoms with Gasteiger partial charge in [0.1, 0.15) is 0 Å². The van der Waals surface area contributed by atoms with Crippen molar-refractivity contribution in [2.45, 2.75) is 83.7 Å². The van der Waals surface area contributed by atoms with Crippen molar-refractivity contribution < 1.29 is 15.0 Å². The smallest absolute Gasteiger partial charge is 0.0723 e. The number of allylic oxidation sites excluding steroid dienone is 3. The maximum atomic E-state index is 10.2. The number of aliphatic hydroxyl groups excluding tert-OH is 1. The normalized spacial score (nSPS) is 13.2. The Morgan fingerprint density at radius 3 is 2.48 bits per heavy atom. The van der Waals surface area contributed by atoms with Gasteiger partial charge in [0.15, 0.2) is 0 Å². The third-order valence-corrected chi connectivity index (χ3v) is 3.44. The van der Waals surface area contributed by atoms with Crippen molar-refractivity contribution in [3.05, 3.63) is 24.3 Å². The van der Waals surface area contributed by atoms with E-state index in [4.69, 9.17) is 0 Å². The minimum absolute atomic E-state index is 0.186. The third-order valence-electron chi connectivity index (χ3n) is 3.44. The maximum absolute atomic E-state index is 10.2. The molecular weight excluding hydrogens is 264 g/mol. The predicted octanol–water partition coefficient (Wildman–Crippen LogP) is 3.52. The second-order valence-corrected chi connectivity index (χ2v) is 5.55. The Balaban J connectivity index is 3.37. The van der Waals surface area contributed by atoms with E-state index in [0.29, 0.717) is 0 Å². The van der Waals surface area contributed by atoms with Crippen LogP contribution < -0.4 is 5.11 Å². The monoisotopic (exact) mass is 295 g/mol. The lowest BCUT2D eigenvalue weighted by Crippen LogP contribution is -2.21. The molecule has 0 aliphatic carbocycles. The Morgan fingerprint density at radius 1 is 1.05 bits per heavy atom. The zero-order valence-electron chi connectivity index (χ0n) is 13.4. The number of carboxylic acid groups (broad SMARTS) is 1.